The lowest BCUT2D eigenvalue weighted by atomic mass is 10.1. The van der Waals surface area contributed by atoms with E-state index in [1.54, 1.807) is 13.0 Å². The Morgan fingerprint density at radius 2 is 1.86 bits per heavy atom. The van der Waals surface area contributed by atoms with E-state index in [1.807, 2.05) is 57.2 Å². The number of nitrogens with zero attached hydrogens (tertiary/aromatic N) is 1. The van der Waals surface area contributed by atoms with Gasteiger partial charge in [-0.1, -0.05) is 35.9 Å². The molecule has 0 radical (unpaired) electrons. The Morgan fingerprint density at radius 1 is 1.14 bits per heavy atom. The summed E-state index contributed by atoms with van der Waals surface area (Å²) in [6.07, 6.45) is 0. The molecule has 0 aromatic heterocycles. The minimum absolute atomic E-state index is 0.156. The molecular weight excluding hydrogens is 376 g/mol. The first-order valence-electron chi connectivity index (χ1n) is 9.34. The molecule has 28 heavy (non-hydrogen) atoms. The lowest BCUT2D eigenvalue weighted by Crippen LogP contribution is -2.49. The van der Waals surface area contributed by atoms with Crippen LogP contribution in [-0.4, -0.2) is 35.9 Å². The van der Waals surface area contributed by atoms with Crippen molar-refractivity contribution in [2.24, 2.45) is 0 Å². The van der Waals surface area contributed by atoms with Crippen molar-refractivity contribution in [3.8, 4) is 5.75 Å². The van der Waals surface area contributed by atoms with Gasteiger partial charge in [-0.05, 0) is 62.6 Å². The molecule has 5 nitrogen and oxygen atoms in total. The van der Waals surface area contributed by atoms with Gasteiger partial charge < -0.3 is 15.0 Å². The molecule has 2 amide bonds. The Morgan fingerprint density at radius 3 is 2.50 bits per heavy atom. The molecule has 2 rings (SSSR count). The van der Waals surface area contributed by atoms with Gasteiger partial charge in [-0.25, -0.2) is 0 Å². The predicted molar refractivity (Wildman–Crippen MR) is 112 cm³/mol. The predicted octanol–water partition coefficient (Wildman–Crippen LogP) is 3.89. The van der Waals surface area contributed by atoms with Gasteiger partial charge in [0.25, 0.3) is 5.91 Å². The smallest absolute Gasteiger partial charge is 0.261 e. The van der Waals surface area contributed by atoms with Crippen LogP contribution in [0.2, 0.25) is 5.02 Å². The highest BCUT2D eigenvalue weighted by Gasteiger charge is 2.26. The van der Waals surface area contributed by atoms with Crippen molar-refractivity contribution >= 4 is 23.4 Å². The van der Waals surface area contributed by atoms with Crippen LogP contribution in [0.4, 0.5) is 0 Å². The Hall–Kier alpha value is -2.53. The van der Waals surface area contributed by atoms with Crippen molar-refractivity contribution in [3.05, 3.63) is 64.2 Å². The summed E-state index contributed by atoms with van der Waals surface area (Å²) in [4.78, 5) is 26.7. The molecule has 2 aromatic rings. The van der Waals surface area contributed by atoms with Gasteiger partial charge in [0, 0.05) is 18.1 Å². The second kappa shape index (κ2) is 10.1. The summed E-state index contributed by atoms with van der Waals surface area (Å²) in [5, 5.41) is 3.32. The molecule has 0 heterocycles. The van der Waals surface area contributed by atoms with Gasteiger partial charge in [0.05, 0.1) is 0 Å². The van der Waals surface area contributed by atoms with Crippen molar-refractivity contribution in [1.29, 1.82) is 0 Å². The number of hydrogen-bond acceptors (Lipinski definition) is 3. The van der Waals surface area contributed by atoms with Crippen molar-refractivity contribution in [2.45, 2.75) is 40.3 Å². The van der Waals surface area contributed by atoms with Crippen molar-refractivity contribution in [3.63, 3.8) is 0 Å². The number of rotatable bonds is 8. The number of amides is 2. The molecule has 0 fully saturated rings. The molecular formula is C22H27ClN2O3. The summed E-state index contributed by atoms with van der Waals surface area (Å²) >= 11 is 6.25. The van der Waals surface area contributed by atoms with Crippen LogP contribution >= 0.6 is 11.6 Å². The maximum Gasteiger partial charge on any atom is 0.261 e. The Balaban J connectivity index is 2.16. The highest BCUT2D eigenvalue weighted by molar-refractivity contribution is 6.31. The van der Waals surface area contributed by atoms with E-state index in [0.29, 0.717) is 17.3 Å². The first-order valence-corrected chi connectivity index (χ1v) is 9.72. The van der Waals surface area contributed by atoms with Gasteiger partial charge in [0.2, 0.25) is 5.91 Å². The fourth-order valence-corrected chi connectivity index (χ4v) is 2.94. The first-order chi connectivity index (χ1) is 13.3. The molecule has 0 saturated heterocycles. The third-order valence-corrected chi connectivity index (χ3v) is 5.03. The molecule has 0 aliphatic rings. The number of nitrogens with one attached hydrogen (secondary N) is 1. The molecule has 150 valence electrons. The lowest BCUT2D eigenvalue weighted by Gasteiger charge is -2.29. The maximum absolute atomic E-state index is 12.9. The largest absolute Gasteiger partial charge is 0.484 e. The topological polar surface area (TPSA) is 58.6 Å². The number of halogens is 1. The maximum atomic E-state index is 12.9. The SMILES string of the molecule is CCNC(=O)[C@H](C)N(Cc1ccccc1Cl)C(=O)COc1ccc(C)c(C)c1. The third kappa shape index (κ3) is 5.73. The number of carbonyl (C=O) groups is 2. The molecule has 0 bridgehead atoms. The summed E-state index contributed by atoms with van der Waals surface area (Å²) in [5.74, 6) is 0.130. The molecule has 1 N–H and O–H groups in total. The van der Waals surface area contributed by atoms with E-state index in [4.69, 9.17) is 16.3 Å². The van der Waals surface area contributed by atoms with E-state index in [0.717, 1.165) is 16.7 Å². The van der Waals surface area contributed by atoms with Gasteiger partial charge >= 0.3 is 0 Å². The summed E-state index contributed by atoms with van der Waals surface area (Å²) in [6, 6.07) is 12.3. The number of ether oxygens (including phenoxy) is 1. The molecule has 1 atom stereocenters. The van der Waals surface area contributed by atoms with Crippen LogP contribution in [-0.2, 0) is 16.1 Å². The van der Waals surface area contributed by atoms with Gasteiger partial charge in [-0.3, -0.25) is 9.59 Å². The molecule has 2 aromatic carbocycles. The number of likely N-dealkylation sites (N-methyl/N-ethyl adjacent to an activating group) is 1. The molecule has 0 saturated carbocycles. The van der Waals surface area contributed by atoms with Crippen LogP contribution in [0.1, 0.15) is 30.5 Å². The van der Waals surface area contributed by atoms with Crippen LogP contribution < -0.4 is 10.1 Å². The van der Waals surface area contributed by atoms with Crippen molar-refractivity contribution < 1.29 is 14.3 Å². The Bertz CT molecular complexity index is 838. The zero-order valence-electron chi connectivity index (χ0n) is 16.8. The first kappa shape index (κ1) is 21.8. The van der Waals surface area contributed by atoms with E-state index in [9.17, 15) is 9.59 Å². The second-order valence-corrected chi connectivity index (χ2v) is 7.13. The lowest BCUT2D eigenvalue weighted by molar-refractivity contribution is -0.142. The quantitative estimate of drug-likeness (QED) is 0.728. The normalized spacial score (nSPS) is 11.6. The van der Waals surface area contributed by atoms with E-state index in [-0.39, 0.29) is 25.0 Å². The van der Waals surface area contributed by atoms with Gasteiger partial charge in [0.1, 0.15) is 11.8 Å². The molecule has 0 spiro atoms. The number of hydrogen-bond donors (Lipinski definition) is 1. The second-order valence-electron chi connectivity index (χ2n) is 6.72. The molecule has 0 aliphatic heterocycles. The fraction of sp³-hybridized carbons (Fsp3) is 0.364. The highest BCUT2D eigenvalue weighted by atomic mass is 35.5. The van der Waals surface area contributed by atoms with Crippen LogP contribution in [0.15, 0.2) is 42.5 Å². The minimum Gasteiger partial charge on any atom is -0.484 e. The summed E-state index contributed by atoms with van der Waals surface area (Å²) in [5.41, 5.74) is 3.03. The van der Waals surface area contributed by atoms with Crippen molar-refractivity contribution in [2.75, 3.05) is 13.2 Å². The van der Waals surface area contributed by atoms with Crippen molar-refractivity contribution in [1.82, 2.24) is 10.2 Å². The van der Waals surface area contributed by atoms with E-state index in [1.165, 1.54) is 4.90 Å². The molecule has 0 unspecified atom stereocenters. The van der Waals surface area contributed by atoms with E-state index < -0.39 is 6.04 Å². The highest BCUT2D eigenvalue weighted by Crippen LogP contribution is 2.20. The van der Waals surface area contributed by atoms with Crippen LogP contribution in [0.25, 0.3) is 0 Å². The fourth-order valence-electron chi connectivity index (χ4n) is 2.75. The van der Waals surface area contributed by atoms with Crippen LogP contribution in [0.3, 0.4) is 0 Å². The minimum atomic E-state index is -0.646. The Labute approximate surface area is 171 Å². The zero-order chi connectivity index (χ0) is 20.7. The summed E-state index contributed by atoms with van der Waals surface area (Å²) in [7, 11) is 0. The molecule has 0 aliphatic carbocycles. The van der Waals surface area contributed by atoms with E-state index in [2.05, 4.69) is 5.32 Å². The van der Waals surface area contributed by atoms with Gasteiger partial charge in [0.15, 0.2) is 6.61 Å². The Kier molecular flexibility index (Phi) is 7.88. The van der Waals surface area contributed by atoms with Crippen LogP contribution in [0.5, 0.6) is 5.75 Å². The summed E-state index contributed by atoms with van der Waals surface area (Å²) < 4.78 is 5.69. The van der Waals surface area contributed by atoms with E-state index >= 15 is 0 Å². The summed E-state index contributed by atoms with van der Waals surface area (Å²) in [6.45, 7) is 8.12. The van der Waals surface area contributed by atoms with Gasteiger partial charge in [-0.2, -0.15) is 0 Å². The third-order valence-electron chi connectivity index (χ3n) is 4.66. The number of aryl methyl sites for hydroxylation is 2. The zero-order valence-corrected chi connectivity index (χ0v) is 17.5. The average molecular weight is 403 g/mol. The van der Waals surface area contributed by atoms with Crippen LogP contribution in [0, 0.1) is 13.8 Å². The molecule has 6 heteroatoms. The number of benzene rings is 2. The standard InChI is InChI=1S/C22H27ClN2O3/c1-5-24-22(27)17(4)25(13-18-8-6-7-9-20(18)23)21(26)14-28-19-11-10-15(2)16(3)12-19/h6-12,17H,5,13-14H2,1-4H3,(H,24,27)/t17-/m0/s1. The monoisotopic (exact) mass is 402 g/mol. The van der Waals surface area contributed by atoms with Gasteiger partial charge in [-0.15, -0.1) is 0 Å². The average Bonchev–Trinajstić information content (AvgIpc) is 2.67. The number of carbonyl (C=O) groups excluding carboxylic acids is 2.